The first kappa shape index (κ1) is 23.8. The van der Waals surface area contributed by atoms with Crippen LogP contribution in [0.4, 0.5) is 4.79 Å². The number of amides is 2. The van der Waals surface area contributed by atoms with Gasteiger partial charge < -0.3 is 19.6 Å². The van der Waals surface area contributed by atoms with E-state index < -0.39 is 6.09 Å². The molecule has 1 atom stereocenters. The van der Waals surface area contributed by atoms with Gasteiger partial charge in [-0.05, 0) is 42.2 Å². The van der Waals surface area contributed by atoms with Gasteiger partial charge in [0.25, 0.3) is 0 Å². The average molecular weight is 470 g/mol. The summed E-state index contributed by atoms with van der Waals surface area (Å²) < 4.78 is 6.03. The van der Waals surface area contributed by atoms with Gasteiger partial charge in [-0.2, -0.15) is 5.26 Å². The molecule has 7 nitrogen and oxygen atoms in total. The van der Waals surface area contributed by atoms with E-state index in [1.165, 1.54) is 4.90 Å². The summed E-state index contributed by atoms with van der Waals surface area (Å²) in [7, 11) is 0. The normalized spacial score (nSPS) is 15.3. The van der Waals surface area contributed by atoms with Crippen molar-refractivity contribution in [2.45, 2.75) is 25.3 Å². The van der Waals surface area contributed by atoms with Crippen molar-refractivity contribution >= 4 is 12.0 Å². The van der Waals surface area contributed by atoms with Gasteiger partial charge in [0.05, 0.1) is 11.6 Å². The third-order valence-electron chi connectivity index (χ3n) is 6.20. The molecule has 0 radical (unpaired) electrons. The molecule has 0 saturated carbocycles. The summed E-state index contributed by atoms with van der Waals surface area (Å²) in [4.78, 5) is 28.1. The summed E-state index contributed by atoms with van der Waals surface area (Å²) in [5, 5.41) is 18.8. The maximum Gasteiger partial charge on any atom is 0.407 e. The highest BCUT2D eigenvalue weighted by molar-refractivity contribution is 5.77. The highest BCUT2D eigenvalue weighted by Gasteiger charge is 2.32. The number of hydrogen-bond acceptors (Lipinski definition) is 4. The van der Waals surface area contributed by atoms with E-state index in [0.29, 0.717) is 49.5 Å². The molecule has 1 fully saturated rings. The van der Waals surface area contributed by atoms with Gasteiger partial charge in [0.15, 0.2) is 0 Å². The second kappa shape index (κ2) is 11.2. The van der Waals surface area contributed by atoms with Gasteiger partial charge in [-0.15, -0.1) is 0 Å². The zero-order chi connectivity index (χ0) is 24.6. The van der Waals surface area contributed by atoms with Crippen molar-refractivity contribution in [1.29, 1.82) is 5.26 Å². The van der Waals surface area contributed by atoms with Crippen LogP contribution in [0.25, 0.3) is 0 Å². The Morgan fingerprint density at radius 1 is 0.943 bits per heavy atom. The van der Waals surface area contributed by atoms with E-state index in [2.05, 4.69) is 6.07 Å². The van der Waals surface area contributed by atoms with Crippen LogP contribution in [0.2, 0.25) is 0 Å². The van der Waals surface area contributed by atoms with Crippen molar-refractivity contribution < 1.29 is 19.4 Å². The molecule has 7 heteroatoms. The molecule has 0 aliphatic carbocycles. The van der Waals surface area contributed by atoms with Gasteiger partial charge in [-0.25, -0.2) is 4.79 Å². The van der Waals surface area contributed by atoms with Crippen molar-refractivity contribution in [2.75, 3.05) is 19.6 Å². The van der Waals surface area contributed by atoms with Crippen molar-refractivity contribution in [3.8, 4) is 17.6 Å². The number of carbonyl (C=O) groups excluding carboxylic acids is 1. The SMILES string of the molecule is N#Cc1ccccc1Oc1ccccc1CCC(=O)N1CCN(C(=O)O)CC1Cc1ccccc1. The molecule has 2 amide bonds. The van der Waals surface area contributed by atoms with Crippen LogP contribution >= 0.6 is 0 Å². The van der Waals surface area contributed by atoms with Crippen molar-refractivity contribution in [1.82, 2.24) is 9.80 Å². The predicted octanol–water partition coefficient (Wildman–Crippen LogP) is 4.72. The fourth-order valence-corrected chi connectivity index (χ4v) is 4.38. The Bertz CT molecular complexity index is 1220. The van der Waals surface area contributed by atoms with Gasteiger partial charge in [0.1, 0.15) is 17.6 Å². The summed E-state index contributed by atoms with van der Waals surface area (Å²) in [5.74, 6) is 1.07. The summed E-state index contributed by atoms with van der Waals surface area (Å²) in [6.07, 6.45) is 0.388. The van der Waals surface area contributed by atoms with E-state index in [9.17, 15) is 20.0 Å². The molecule has 178 valence electrons. The fraction of sp³-hybridized carbons (Fsp3) is 0.250. The van der Waals surface area contributed by atoms with Crippen LogP contribution in [0.1, 0.15) is 23.1 Å². The van der Waals surface area contributed by atoms with Gasteiger partial charge in [0, 0.05) is 26.1 Å². The monoisotopic (exact) mass is 469 g/mol. The first-order valence-corrected chi connectivity index (χ1v) is 11.6. The second-order valence-corrected chi connectivity index (χ2v) is 8.48. The van der Waals surface area contributed by atoms with Crippen LogP contribution in [-0.2, 0) is 17.6 Å². The van der Waals surface area contributed by atoms with Gasteiger partial charge in [-0.3, -0.25) is 4.79 Å². The van der Waals surface area contributed by atoms with Gasteiger partial charge in [0.2, 0.25) is 5.91 Å². The summed E-state index contributed by atoms with van der Waals surface area (Å²) >= 11 is 0. The maximum atomic E-state index is 13.3. The van der Waals surface area contributed by atoms with Crippen molar-refractivity contribution in [3.05, 3.63) is 95.6 Å². The Hall–Kier alpha value is -4.31. The Balaban J connectivity index is 1.46. The predicted molar refractivity (Wildman–Crippen MR) is 131 cm³/mol. The van der Waals surface area contributed by atoms with E-state index in [4.69, 9.17) is 4.74 Å². The molecule has 3 aromatic carbocycles. The third kappa shape index (κ3) is 5.98. The number of rotatable bonds is 7. The molecular weight excluding hydrogens is 442 g/mol. The topological polar surface area (TPSA) is 93.9 Å². The van der Waals surface area contributed by atoms with E-state index in [1.807, 2.05) is 65.6 Å². The number of piperazine rings is 1. The second-order valence-electron chi connectivity index (χ2n) is 8.48. The minimum atomic E-state index is -0.959. The quantitative estimate of drug-likeness (QED) is 0.541. The molecule has 35 heavy (non-hydrogen) atoms. The molecule has 1 aliphatic heterocycles. The first-order chi connectivity index (χ1) is 17.0. The third-order valence-corrected chi connectivity index (χ3v) is 6.20. The van der Waals surface area contributed by atoms with E-state index in [1.54, 1.807) is 18.2 Å². The average Bonchev–Trinajstić information content (AvgIpc) is 2.89. The highest BCUT2D eigenvalue weighted by Crippen LogP contribution is 2.29. The van der Waals surface area contributed by atoms with Crippen molar-refractivity contribution in [2.24, 2.45) is 0 Å². The molecule has 1 N–H and O–H groups in total. The smallest absolute Gasteiger partial charge is 0.407 e. The van der Waals surface area contributed by atoms with Crippen LogP contribution in [0.3, 0.4) is 0 Å². The van der Waals surface area contributed by atoms with Crippen LogP contribution in [0.15, 0.2) is 78.9 Å². The number of nitrogens with zero attached hydrogens (tertiary/aromatic N) is 3. The lowest BCUT2D eigenvalue weighted by molar-refractivity contribution is -0.135. The van der Waals surface area contributed by atoms with E-state index >= 15 is 0 Å². The Labute approximate surface area is 204 Å². The van der Waals surface area contributed by atoms with Crippen molar-refractivity contribution in [3.63, 3.8) is 0 Å². The highest BCUT2D eigenvalue weighted by atomic mass is 16.5. The molecular formula is C28H27N3O4. The lowest BCUT2D eigenvalue weighted by Gasteiger charge is -2.40. The number of hydrogen-bond donors (Lipinski definition) is 1. The number of carbonyl (C=O) groups is 2. The minimum Gasteiger partial charge on any atom is -0.465 e. The molecule has 0 aromatic heterocycles. The van der Waals surface area contributed by atoms with E-state index in [0.717, 1.165) is 11.1 Å². The summed E-state index contributed by atoms with van der Waals surface area (Å²) in [6, 6.07) is 26.3. The number of aryl methyl sites for hydroxylation is 1. The number of ether oxygens (including phenoxy) is 1. The van der Waals surface area contributed by atoms with Gasteiger partial charge >= 0.3 is 6.09 Å². The number of benzene rings is 3. The number of para-hydroxylation sites is 2. The van der Waals surface area contributed by atoms with Crippen LogP contribution in [0.5, 0.6) is 11.5 Å². The standard InChI is InChI=1S/C28H27N3O4/c29-19-23-11-5-7-13-26(23)35-25-12-6-4-10-22(25)14-15-27(32)31-17-16-30(28(33)34)20-24(31)18-21-8-2-1-3-9-21/h1-13,24H,14-18,20H2,(H,33,34). The lowest BCUT2D eigenvalue weighted by atomic mass is 10.0. The molecule has 4 rings (SSSR count). The van der Waals surface area contributed by atoms with E-state index in [-0.39, 0.29) is 18.4 Å². The number of nitriles is 1. The maximum absolute atomic E-state index is 13.3. The largest absolute Gasteiger partial charge is 0.465 e. The lowest BCUT2D eigenvalue weighted by Crippen LogP contribution is -2.57. The summed E-state index contributed by atoms with van der Waals surface area (Å²) in [5.41, 5.74) is 2.38. The Morgan fingerprint density at radius 3 is 2.37 bits per heavy atom. The van der Waals surface area contributed by atoms with Crippen LogP contribution < -0.4 is 4.74 Å². The van der Waals surface area contributed by atoms with Crippen LogP contribution in [-0.4, -0.2) is 52.6 Å². The molecule has 0 bridgehead atoms. The first-order valence-electron chi connectivity index (χ1n) is 11.6. The molecule has 0 spiro atoms. The summed E-state index contributed by atoms with van der Waals surface area (Å²) in [6.45, 7) is 0.966. The molecule has 3 aromatic rings. The molecule has 1 saturated heterocycles. The fourth-order valence-electron chi connectivity index (χ4n) is 4.38. The Kier molecular flexibility index (Phi) is 7.63. The van der Waals surface area contributed by atoms with Crippen LogP contribution in [0, 0.1) is 11.3 Å². The Morgan fingerprint density at radius 2 is 1.63 bits per heavy atom. The molecule has 1 heterocycles. The number of carboxylic acid groups (broad SMARTS) is 1. The van der Waals surface area contributed by atoms with Gasteiger partial charge in [-0.1, -0.05) is 60.7 Å². The zero-order valence-electron chi connectivity index (χ0n) is 19.3. The zero-order valence-corrected chi connectivity index (χ0v) is 19.3. The molecule has 1 aliphatic rings. The minimum absolute atomic E-state index is 0.0109. The molecule has 1 unspecified atom stereocenters.